The van der Waals surface area contributed by atoms with E-state index in [2.05, 4.69) is 0 Å². The smallest absolute Gasteiger partial charge is 0.330 e. The summed E-state index contributed by atoms with van der Waals surface area (Å²) in [6.45, 7) is 3.37. The highest BCUT2D eigenvalue weighted by molar-refractivity contribution is 5.91. The highest BCUT2D eigenvalue weighted by Gasteiger charge is 2.49. The third-order valence-electron chi connectivity index (χ3n) is 4.64. The maximum absolute atomic E-state index is 13.0. The Morgan fingerprint density at radius 3 is 1.82 bits per heavy atom. The van der Waals surface area contributed by atoms with Crippen molar-refractivity contribution in [1.82, 2.24) is 4.90 Å². The Bertz CT molecular complexity index is 819. The van der Waals surface area contributed by atoms with Gasteiger partial charge in [-0.3, -0.25) is 9.59 Å². The molecule has 2 aromatic carbocycles. The van der Waals surface area contributed by atoms with Crippen LogP contribution in [0.5, 0.6) is 0 Å². The van der Waals surface area contributed by atoms with Crippen LogP contribution < -0.4 is 0 Å². The molecule has 0 bridgehead atoms. The fraction of sp³-hybridized carbons (Fsp3) is 0.318. The fourth-order valence-electron chi connectivity index (χ4n) is 3.22. The zero-order valence-corrected chi connectivity index (χ0v) is 16.0. The average molecular weight is 383 g/mol. The van der Waals surface area contributed by atoms with Gasteiger partial charge in [0.05, 0.1) is 6.42 Å². The van der Waals surface area contributed by atoms with Gasteiger partial charge in [0.15, 0.2) is 5.54 Å². The van der Waals surface area contributed by atoms with Gasteiger partial charge in [0, 0.05) is 18.9 Å². The summed E-state index contributed by atoms with van der Waals surface area (Å²) in [5.41, 5.74) is -0.508. The Morgan fingerprint density at radius 2 is 1.39 bits per heavy atom. The standard InChI is InChI=1S/C22H25NO5/c1-16(2)20(26)23(15-18-11-7-4-8-12-18)22(21(27)28,14-19(24)25)13-17-9-5-3-6-10-17/h3-12,16H,13-15H2,1-2H3,(H,24,25)(H,27,28)/t22-/m0/s1. The molecule has 0 saturated heterocycles. The second-order valence-electron chi connectivity index (χ2n) is 7.13. The summed E-state index contributed by atoms with van der Waals surface area (Å²) in [5, 5.41) is 19.7. The average Bonchev–Trinajstić information content (AvgIpc) is 2.66. The number of aliphatic carboxylic acids is 2. The second kappa shape index (κ2) is 9.17. The molecule has 6 nitrogen and oxygen atoms in total. The lowest BCUT2D eigenvalue weighted by molar-refractivity contribution is -0.166. The Labute approximate surface area is 164 Å². The number of carboxylic acid groups (broad SMARTS) is 2. The van der Waals surface area contributed by atoms with Crippen LogP contribution in [-0.2, 0) is 27.3 Å². The first-order chi connectivity index (χ1) is 13.3. The number of carboxylic acids is 2. The summed E-state index contributed by atoms with van der Waals surface area (Å²) in [6, 6.07) is 17.8. The van der Waals surface area contributed by atoms with E-state index in [0.29, 0.717) is 5.56 Å². The monoisotopic (exact) mass is 383 g/mol. The van der Waals surface area contributed by atoms with Gasteiger partial charge in [0.2, 0.25) is 5.91 Å². The van der Waals surface area contributed by atoms with Gasteiger partial charge in [-0.15, -0.1) is 0 Å². The number of hydrogen-bond donors (Lipinski definition) is 2. The largest absolute Gasteiger partial charge is 0.481 e. The van der Waals surface area contributed by atoms with Crippen LogP contribution in [0.25, 0.3) is 0 Å². The van der Waals surface area contributed by atoms with Crippen molar-refractivity contribution in [3.63, 3.8) is 0 Å². The van der Waals surface area contributed by atoms with Crippen molar-refractivity contribution in [1.29, 1.82) is 0 Å². The van der Waals surface area contributed by atoms with Crippen molar-refractivity contribution in [3.8, 4) is 0 Å². The Hall–Kier alpha value is -3.15. The molecule has 0 spiro atoms. The van der Waals surface area contributed by atoms with E-state index < -0.39 is 35.7 Å². The highest BCUT2D eigenvalue weighted by Crippen LogP contribution is 2.30. The summed E-state index contributed by atoms with van der Waals surface area (Å²) in [4.78, 5) is 38.4. The maximum atomic E-state index is 13.0. The summed E-state index contributed by atoms with van der Waals surface area (Å²) in [5.74, 6) is -3.48. The third-order valence-corrected chi connectivity index (χ3v) is 4.64. The minimum absolute atomic E-state index is 0.0181. The Balaban J connectivity index is 2.59. The highest BCUT2D eigenvalue weighted by atomic mass is 16.4. The molecular formula is C22H25NO5. The summed E-state index contributed by atoms with van der Waals surface area (Å²) >= 11 is 0. The van der Waals surface area contributed by atoms with E-state index in [1.165, 1.54) is 4.90 Å². The molecule has 0 fully saturated rings. The molecule has 2 rings (SSSR count). The van der Waals surface area contributed by atoms with E-state index >= 15 is 0 Å². The van der Waals surface area contributed by atoms with Crippen LogP contribution in [-0.4, -0.2) is 38.5 Å². The van der Waals surface area contributed by atoms with Gasteiger partial charge < -0.3 is 15.1 Å². The van der Waals surface area contributed by atoms with Crippen LogP contribution in [0.2, 0.25) is 0 Å². The lowest BCUT2D eigenvalue weighted by Gasteiger charge is -2.41. The van der Waals surface area contributed by atoms with Gasteiger partial charge in [0.25, 0.3) is 0 Å². The number of carbonyl (C=O) groups excluding carboxylic acids is 1. The fourth-order valence-corrected chi connectivity index (χ4v) is 3.22. The van der Waals surface area contributed by atoms with E-state index in [-0.39, 0.29) is 13.0 Å². The molecule has 2 aromatic rings. The predicted molar refractivity (Wildman–Crippen MR) is 105 cm³/mol. The molecule has 1 atom stereocenters. The maximum Gasteiger partial charge on any atom is 0.330 e. The topological polar surface area (TPSA) is 94.9 Å². The normalized spacial score (nSPS) is 13.0. The van der Waals surface area contributed by atoms with Gasteiger partial charge in [-0.05, 0) is 11.1 Å². The van der Waals surface area contributed by atoms with Crippen molar-refractivity contribution < 1.29 is 24.6 Å². The van der Waals surface area contributed by atoms with Crippen molar-refractivity contribution in [2.75, 3.05) is 0 Å². The first kappa shape index (κ1) is 21.2. The molecule has 0 heterocycles. The van der Waals surface area contributed by atoms with E-state index in [4.69, 9.17) is 0 Å². The van der Waals surface area contributed by atoms with Crippen LogP contribution in [0.3, 0.4) is 0 Å². The van der Waals surface area contributed by atoms with Crippen molar-refractivity contribution >= 4 is 17.8 Å². The van der Waals surface area contributed by atoms with Gasteiger partial charge >= 0.3 is 11.9 Å². The summed E-state index contributed by atoms with van der Waals surface area (Å²) < 4.78 is 0. The molecule has 0 radical (unpaired) electrons. The molecule has 2 N–H and O–H groups in total. The number of carbonyl (C=O) groups is 3. The summed E-state index contributed by atoms with van der Waals surface area (Å²) in [6.07, 6.45) is -0.788. The first-order valence-electron chi connectivity index (χ1n) is 9.11. The van der Waals surface area contributed by atoms with E-state index in [1.54, 1.807) is 68.4 Å². The second-order valence-corrected chi connectivity index (χ2v) is 7.13. The van der Waals surface area contributed by atoms with Crippen LogP contribution in [0.15, 0.2) is 60.7 Å². The minimum Gasteiger partial charge on any atom is -0.481 e. The van der Waals surface area contributed by atoms with Crippen LogP contribution in [0.1, 0.15) is 31.4 Å². The lowest BCUT2D eigenvalue weighted by Crippen LogP contribution is -2.60. The zero-order valence-electron chi connectivity index (χ0n) is 16.0. The van der Waals surface area contributed by atoms with E-state index in [9.17, 15) is 24.6 Å². The lowest BCUT2D eigenvalue weighted by atomic mass is 9.84. The number of benzene rings is 2. The number of amides is 1. The predicted octanol–water partition coefficient (Wildman–Crippen LogP) is 3.21. The summed E-state index contributed by atoms with van der Waals surface area (Å²) in [7, 11) is 0. The quantitative estimate of drug-likeness (QED) is 0.693. The molecule has 0 aliphatic rings. The molecule has 6 heteroatoms. The van der Waals surface area contributed by atoms with Crippen LogP contribution in [0.4, 0.5) is 0 Å². The first-order valence-corrected chi connectivity index (χ1v) is 9.11. The van der Waals surface area contributed by atoms with Gasteiger partial charge in [-0.1, -0.05) is 74.5 Å². The number of nitrogens with zero attached hydrogens (tertiary/aromatic N) is 1. The van der Waals surface area contributed by atoms with Crippen LogP contribution in [0, 0.1) is 5.92 Å². The van der Waals surface area contributed by atoms with Crippen molar-refractivity contribution in [2.24, 2.45) is 5.92 Å². The van der Waals surface area contributed by atoms with E-state index in [1.807, 2.05) is 6.07 Å². The molecule has 0 unspecified atom stereocenters. The van der Waals surface area contributed by atoms with Gasteiger partial charge in [-0.2, -0.15) is 0 Å². The van der Waals surface area contributed by atoms with Crippen LogP contribution >= 0.6 is 0 Å². The van der Waals surface area contributed by atoms with E-state index in [0.717, 1.165) is 5.56 Å². The molecule has 1 amide bonds. The molecule has 28 heavy (non-hydrogen) atoms. The van der Waals surface area contributed by atoms with Crippen molar-refractivity contribution in [2.45, 2.75) is 38.8 Å². The third kappa shape index (κ3) is 4.97. The number of rotatable bonds is 9. The molecule has 0 saturated carbocycles. The molecule has 0 aliphatic carbocycles. The molecule has 0 aromatic heterocycles. The Morgan fingerprint density at radius 1 is 0.893 bits per heavy atom. The van der Waals surface area contributed by atoms with Gasteiger partial charge in [-0.25, -0.2) is 4.79 Å². The number of hydrogen-bond acceptors (Lipinski definition) is 3. The molecular weight excluding hydrogens is 358 g/mol. The van der Waals surface area contributed by atoms with Gasteiger partial charge in [0.1, 0.15) is 0 Å². The molecule has 148 valence electrons. The van der Waals surface area contributed by atoms with Crippen molar-refractivity contribution in [3.05, 3.63) is 71.8 Å². The SMILES string of the molecule is CC(C)C(=O)N(Cc1ccccc1)[C@](CC(=O)O)(Cc1ccccc1)C(=O)O. The molecule has 0 aliphatic heterocycles. The minimum atomic E-state index is -1.90. The Kier molecular flexibility index (Phi) is 6.93. The zero-order chi connectivity index (χ0) is 20.7.